The van der Waals surface area contributed by atoms with E-state index in [0.29, 0.717) is 6.04 Å². The highest BCUT2D eigenvalue weighted by Gasteiger charge is 2.12. The molecule has 3 rings (SSSR count). The molecule has 3 aromatic heterocycles. The van der Waals surface area contributed by atoms with Crippen molar-refractivity contribution in [2.75, 3.05) is 5.32 Å². The number of imidazole rings is 1. The van der Waals surface area contributed by atoms with E-state index in [-0.39, 0.29) is 0 Å². The molecule has 0 aromatic carbocycles. The Hall–Kier alpha value is -2.37. The van der Waals surface area contributed by atoms with Crippen LogP contribution in [0, 0.1) is 6.92 Å². The molecule has 3 heterocycles. The van der Waals surface area contributed by atoms with Gasteiger partial charge in [-0.1, -0.05) is 0 Å². The highest BCUT2D eigenvalue weighted by atomic mass is 15.3. The number of hydrogen-bond donors (Lipinski definition) is 1. The smallest absolute Gasteiger partial charge is 0.160 e. The molecule has 0 amide bonds. The van der Waals surface area contributed by atoms with Crippen LogP contribution in [0.1, 0.15) is 19.5 Å². The van der Waals surface area contributed by atoms with E-state index in [0.717, 1.165) is 28.7 Å². The normalized spacial score (nSPS) is 11.4. The van der Waals surface area contributed by atoms with Crippen LogP contribution in [-0.4, -0.2) is 30.2 Å². The first kappa shape index (κ1) is 12.7. The first-order valence-corrected chi connectivity index (χ1v) is 6.66. The fraction of sp³-hybridized carbons (Fsp3) is 0.357. The molecule has 0 aliphatic rings. The Morgan fingerprint density at radius 2 is 2.05 bits per heavy atom. The van der Waals surface area contributed by atoms with E-state index in [1.165, 1.54) is 0 Å². The molecule has 0 fully saturated rings. The highest BCUT2D eigenvalue weighted by Crippen LogP contribution is 2.20. The van der Waals surface area contributed by atoms with Crippen LogP contribution in [0.4, 0.5) is 5.82 Å². The minimum absolute atomic E-state index is 0.334. The summed E-state index contributed by atoms with van der Waals surface area (Å²) in [6, 6.07) is 4.30. The van der Waals surface area contributed by atoms with Gasteiger partial charge in [0.05, 0.1) is 0 Å². The van der Waals surface area contributed by atoms with Gasteiger partial charge in [-0.2, -0.15) is 9.61 Å². The summed E-state index contributed by atoms with van der Waals surface area (Å²) < 4.78 is 3.78. The summed E-state index contributed by atoms with van der Waals surface area (Å²) in [4.78, 5) is 8.86. The van der Waals surface area contributed by atoms with Crippen LogP contribution in [0.15, 0.2) is 24.5 Å². The van der Waals surface area contributed by atoms with Crippen molar-refractivity contribution in [2.45, 2.75) is 26.8 Å². The Morgan fingerprint density at radius 3 is 2.70 bits per heavy atom. The summed E-state index contributed by atoms with van der Waals surface area (Å²) in [6.07, 6.45) is 3.68. The lowest BCUT2D eigenvalue weighted by Crippen LogP contribution is -2.14. The lowest BCUT2D eigenvalue weighted by Gasteiger charge is -2.11. The van der Waals surface area contributed by atoms with Crippen molar-refractivity contribution >= 4 is 11.5 Å². The van der Waals surface area contributed by atoms with Gasteiger partial charge in [-0.25, -0.2) is 9.97 Å². The zero-order valence-corrected chi connectivity index (χ0v) is 12.1. The zero-order chi connectivity index (χ0) is 14.3. The van der Waals surface area contributed by atoms with Crippen molar-refractivity contribution in [2.24, 2.45) is 7.05 Å². The Bertz CT molecular complexity index is 752. The number of rotatable bonds is 3. The van der Waals surface area contributed by atoms with Gasteiger partial charge in [-0.05, 0) is 20.8 Å². The molecule has 0 radical (unpaired) electrons. The maximum absolute atomic E-state index is 4.62. The molecule has 0 spiro atoms. The first-order valence-electron chi connectivity index (χ1n) is 6.66. The third-order valence-corrected chi connectivity index (χ3v) is 3.04. The van der Waals surface area contributed by atoms with Crippen molar-refractivity contribution in [1.29, 1.82) is 0 Å². The molecule has 20 heavy (non-hydrogen) atoms. The predicted octanol–water partition coefficient (Wildman–Crippen LogP) is 2.26. The van der Waals surface area contributed by atoms with E-state index in [2.05, 4.69) is 34.2 Å². The molecule has 0 aliphatic heterocycles. The largest absolute Gasteiger partial charge is 0.368 e. The van der Waals surface area contributed by atoms with Crippen LogP contribution in [0.2, 0.25) is 0 Å². The molecule has 1 N–H and O–H groups in total. The van der Waals surface area contributed by atoms with Crippen LogP contribution in [-0.2, 0) is 7.05 Å². The number of anilines is 1. The van der Waals surface area contributed by atoms with Crippen molar-refractivity contribution in [3.8, 4) is 11.5 Å². The first-order chi connectivity index (χ1) is 9.54. The summed E-state index contributed by atoms with van der Waals surface area (Å²) in [5, 5.41) is 8.01. The standard InChI is InChI=1S/C14H18N6/c1-9(2)16-12-7-10(3)17-13-8-11(18-20(12)13)14-15-5-6-19(14)4/h5-9,16H,1-4H3. The topological polar surface area (TPSA) is 60.0 Å². The number of fused-ring (bicyclic) bond motifs is 1. The van der Waals surface area contributed by atoms with Crippen LogP contribution < -0.4 is 5.32 Å². The third-order valence-electron chi connectivity index (χ3n) is 3.04. The van der Waals surface area contributed by atoms with Gasteiger partial charge in [-0.15, -0.1) is 0 Å². The SMILES string of the molecule is Cc1cc(NC(C)C)n2nc(-c3nccn3C)cc2n1. The second kappa shape index (κ2) is 4.63. The van der Waals surface area contributed by atoms with Crippen molar-refractivity contribution in [3.63, 3.8) is 0 Å². The Morgan fingerprint density at radius 1 is 1.25 bits per heavy atom. The molecular weight excluding hydrogens is 252 g/mol. The van der Waals surface area contributed by atoms with Gasteiger partial charge < -0.3 is 9.88 Å². The number of nitrogens with one attached hydrogen (secondary N) is 1. The van der Waals surface area contributed by atoms with E-state index >= 15 is 0 Å². The molecule has 0 atom stereocenters. The van der Waals surface area contributed by atoms with E-state index < -0.39 is 0 Å². The van der Waals surface area contributed by atoms with Crippen LogP contribution in [0.25, 0.3) is 17.2 Å². The summed E-state index contributed by atoms with van der Waals surface area (Å²) in [7, 11) is 1.96. The Balaban J connectivity index is 2.17. The van der Waals surface area contributed by atoms with Crippen molar-refractivity contribution in [1.82, 2.24) is 24.1 Å². The maximum Gasteiger partial charge on any atom is 0.160 e. The second-order valence-electron chi connectivity index (χ2n) is 5.24. The van der Waals surface area contributed by atoms with E-state index in [4.69, 9.17) is 0 Å². The molecule has 104 valence electrons. The Labute approximate surface area is 117 Å². The van der Waals surface area contributed by atoms with Crippen molar-refractivity contribution < 1.29 is 0 Å². The van der Waals surface area contributed by atoms with Gasteiger partial charge in [0.15, 0.2) is 11.5 Å². The summed E-state index contributed by atoms with van der Waals surface area (Å²) >= 11 is 0. The molecule has 0 saturated carbocycles. The summed E-state index contributed by atoms with van der Waals surface area (Å²) in [5.74, 6) is 1.78. The fourth-order valence-electron chi connectivity index (χ4n) is 2.22. The van der Waals surface area contributed by atoms with Gasteiger partial charge in [0, 0.05) is 43.3 Å². The number of hydrogen-bond acceptors (Lipinski definition) is 4. The number of nitrogens with zero attached hydrogens (tertiary/aromatic N) is 5. The van der Waals surface area contributed by atoms with Gasteiger partial charge in [-0.3, -0.25) is 0 Å². The third kappa shape index (κ3) is 2.13. The number of aryl methyl sites for hydroxylation is 2. The van der Waals surface area contributed by atoms with Gasteiger partial charge in [0.1, 0.15) is 11.5 Å². The Kier molecular flexibility index (Phi) is 2.93. The molecule has 0 unspecified atom stereocenters. The highest BCUT2D eigenvalue weighted by molar-refractivity contribution is 5.61. The molecule has 0 aliphatic carbocycles. The average molecular weight is 270 g/mol. The summed E-state index contributed by atoms with van der Waals surface area (Å²) in [6.45, 7) is 6.19. The molecule has 0 bridgehead atoms. The molecule has 3 aromatic rings. The lowest BCUT2D eigenvalue weighted by atomic mass is 10.3. The van der Waals surface area contributed by atoms with E-state index in [9.17, 15) is 0 Å². The minimum Gasteiger partial charge on any atom is -0.368 e. The fourth-order valence-corrected chi connectivity index (χ4v) is 2.22. The predicted molar refractivity (Wildman–Crippen MR) is 78.7 cm³/mol. The molecule has 0 saturated heterocycles. The van der Waals surface area contributed by atoms with Gasteiger partial charge >= 0.3 is 0 Å². The maximum atomic E-state index is 4.62. The average Bonchev–Trinajstić information content (AvgIpc) is 2.93. The molecular formula is C14H18N6. The zero-order valence-electron chi connectivity index (χ0n) is 12.1. The van der Waals surface area contributed by atoms with E-state index in [1.807, 2.05) is 41.4 Å². The minimum atomic E-state index is 0.334. The number of aromatic nitrogens is 5. The summed E-state index contributed by atoms with van der Waals surface area (Å²) in [5.41, 5.74) is 2.61. The van der Waals surface area contributed by atoms with Crippen LogP contribution >= 0.6 is 0 Å². The van der Waals surface area contributed by atoms with Crippen LogP contribution in [0.3, 0.4) is 0 Å². The van der Waals surface area contributed by atoms with Gasteiger partial charge in [0.2, 0.25) is 0 Å². The van der Waals surface area contributed by atoms with E-state index in [1.54, 1.807) is 6.20 Å². The lowest BCUT2D eigenvalue weighted by molar-refractivity contribution is 0.844. The van der Waals surface area contributed by atoms with Gasteiger partial charge in [0.25, 0.3) is 0 Å². The van der Waals surface area contributed by atoms with Crippen molar-refractivity contribution in [3.05, 3.63) is 30.2 Å². The molecule has 6 nitrogen and oxygen atoms in total. The second-order valence-corrected chi connectivity index (χ2v) is 5.24. The molecule has 6 heteroatoms. The van der Waals surface area contributed by atoms with Crippen LogP contribution in [0.5, 0.6) is 0 Å². The monoisotopic (exact) mass is 270 g/mol. The quantitative estimate of drug-likeness (QED) is 0.793.